The zero-order valence-electron chi connectivity index (χ0n) is 11.5. The lowest BCUT2D eigenvalue weighted by Crippen LogP contribution is -2.33. The maximum Gasteiger partial charge on any atom is 0.139 e. The first-order valence-electron chi connectivity index (χ1n) is 6.63. The van der Waals surface area contributed by atoms with E-state index in [1.54, 1.807) is 18.6 Å². The monoisotopic (exact) mass is 245 g/mol. The van der Waals surface area contributed by atoms with Crippen LogP contribution in [0.4, 0.5) is 0 Å². The average Bonchev–Trinajstić information content (AvgIpc) is 2.38. The Morgan fingerprint density at radius 1 is 1.28 bits per heavy atom. The molecule has 98 valence electrons. The second-order valence-corrected chi connectivity index (χ2v) is 4.32. The van der Waals surface area contributed by atoms with E-state index >= 15 is 0 Å². The molecule has 1 heterocycles. The minimum absolute atomic E-state index is 0.470. The van der Waals surface area contributed by atoms with Crippen LogP contribution in [0.15, 0.2) is 47.3 Å². The fourth-order valence-electron chi connectivity index (χ4n) is 2.21. The van der Waals surface area contributed by atoms with E-state index in [0.29, 0.717) is 5.92 Å². The van der Waals surface area contributed by atoms with Crippen LogP contribution in [-0.2, 0) is 0 Å². The largest absolute Gasteiger partial charge is 0.290 e. The van der Waals surface area contributed by atoms with Crippen LogP contribution in [-0.4, -0.2) is 17.1 Å². The maximum absolute atomic E-state index is 4.46. The van der Waals surface area contributed by atoms with Crippen LogP contribution >= 0.6 is 0 Å². The standard InChI is InChI=1S/C15H23N3/c1-5-9-13(10-6-2)15-17-12-16-14(11-7-3)18(15)8-4/h7-8,11-13H,3-6,9-10H2,1-2H3/b14-11-. The van der Waals surface area contributed by atoms with Gasteiger partial charge in [-0.1, -0.05) is 45.9 Å². The lowest BCUT2D eigenvalue weighted by Gasteiger charge is -2.29. The first-order chi connectivity index (χ1) is 8.78. The summed E-state index contributed by atoms with van der Waals surface area (Å²) in [6, 6.07) is 0. The van der Waals surface area contributed by atoms with Gasteiger partial charge in [0.2, 0.25) is 0 Å². The Hall–Kier alpha value is -1.64. The third-order valence-electron chi connectivity index (χ3n) is 2.96. The Bertz CT molecular complexity index is 371. The van der Waals surface area contributed by atoms with Crippen LogP contribution < -0.4 is 0 Å². The van der Waals surface area contributed by atoms with Crippen molar-refractivity contribution in [1.82, 2.24) is 4.90 Å². The van der Waals surface area contributed by atoms with Crippen molar-refractivity contribution in [2.45, 2.75) is 39.5 Å². The molecule has 18 heavy (non-hydrogen) atoms. The Labute approximate surface area is 110 Å². The van der Waals surface area contributed by atoms with Crippen molar-refractivity contribution in [3.8, 4) is 0 Å². The van der Waals surface area contributed by atoms with E-state index in [1.165, 1.54) is 0 Å². The van der Waals surface area contributed by atoms with E-state index < -0.39 is 0 Å². The van der Waals surface area contributed by atoms with Gasteiger partial charge in [-0.15, -0.1) is 0 Å². The third-order valence-corrected chi connectivity index (χ3v) is 2.96. The summed E-state index contributed by atoms with van der Waals surface area (Å²) < 4.78 is 0. The van der Waals surface area contributed by atoms with Gasteiger partial charge < -0.3 is 0 Å². The summed E-state index contributed by atoms with van der Waals surface area (Å²) in [5, 5.41) is 0. The molecular formula is C15H23N3. The molecule has 0 fully saturated rings. The number of aliphatic imine (C=N–C) groups is 2. The molecule has 1 aliphatic heterocycles. The van der Waals surface area contributed by atoms with Crippen molar-refractivity contribution in [2.24, 2.45) is 15.9 Å². The molecule has 0 radical (unpaired) electrons. The number of nitrogens with zero attached hydrogens (tertiary/aromatic N) is 3. The molecule has 0 saturated carbocycles. The Balaban J connectivity index is 3.00. The van der Waals surface area contributed by atoms with Crippen molar-refractivity contribution in [1.29, 1.82) is 0 Å². The van der Waals surface area contributed by atoms with Crippen molar-refractivity contribution in [3.63, 3.8) is 0 Å². The highest BCUT2D eigenvalue weighted by atomic mass is 15.3. The van der Waals surface area contributed by atoms with Gasteiger partial charge in [0.1, 0.15) is 18.0 Å². The number of hydrogen-bond donors (Lipinski definition) is 0. The molecular weight excluding hydrogens is 222 g/mol. The van der Waals surface area contributed by atoms with Crippen LogP contribution in [0.3, 0.4) is 0 Å². The molecule has 3 heteroatoms. The topological polar surface area (TPSA) is 28.0 Å². The highest BCUT2D eigenvalue weighted by Gasteiger charge is 2.23. The summed E-state index contributed by atoms with van der Waals surface area (Å²) in [4.78, 5) is 10.7. The minimum Gasteiger partial charge on any atom is -0.290 e. The zero-order valence-corrected chi connectivity index (χ0v) is 11.5. The van der Waals surface area contributed by atoms with Gasteiger partial charge in [0.15, 0.2) is 0 Å². The molecule has 0 aromatic rings. The summed E-state index contributed by atoms with van der Waals surface area (Å²) in [5.74, 6) is 2.36. The van der Waals surface area contributed by atoms with E-state index in [4.69, 9.17) is 0 Å². The highest BCUT2D eigenvalue weighted by Crippen LogP contribution is 2.23. The lowest BCUT2D eigenvalue weighted by atomic mass is 9.96. The van der Waals surface area contributed by atoms with Gasteiger partial charge in [0, 0.05) is 12.1 Å². The molecule has 1 aliphatic rings. The van der Waals surface area contributed by atoms with Crippen LogP contribution in [0, 0.1) is 5.92 Å². The Morgan fingerprint density at radius 3 is 2.44 bits per heavy atom. The summed E-state index contributed by atoms with van der Waals surface area (Å²) >= 11 is 0. The van der Waals surface area contributed by atoms with Gasteiger partial charge in [0.25, 0.3) is 0 Å². The van der Waals surface area contributed by atoms with Crippen LogP contribution in [0.5, 0.6) is 0 Å². The molecule has 0 atom stereocenters. The Morgan fingerprint density at radius 2 is 1.94 bits per heavy atom. The summed E-state index contributed by atoms with van der Waals surface area (Å²) in [5.41, 5.74) is 0. The second kappa shape index (κ2) is 7.64. The van der Waals surface area contributed by atoms with Crippen molar-refractivity contribution in [2.75, 3.05) is 0 Å². The fourth-order valence-corrected chi connectivity index (χ4v) is 2.21. The number of hydrogen-bond acceptors (Lipinski definition) is 3. The summed E-state index contributed by atoms with van der Waals surface area (Å²) in [6.07, 6.45) is 11.6. The molecule has 3 nitrogen and oxygen atoms in total. The van der Waals surface area contributed by atoms with Crippen LogP contribution in [0.1, 0.15) is 39.5 Å². The fraction of sp³-hybridized carbons (Fsp3) is 0.467. The van der Waals surface area contributed by atoms with Crippen LogP contribution in [0.25, 0.3) is 0 Å². The molecule has 0 saturated heterocycles. The molecule has 0 N–H and O–H groups in total. The van der Waals surface area contributed by atoms with Crippen LogP contribution in [0.2, 0.25) is 0 Å². The number of allylic oxidation sites excluding steroid dienone is 2. The predicted molar refractivity (Wildman–Crippen MR) is 79.5 cm³/mol. The smallest absolute Gasteiger partial charge is 0.139 e. The molecule has 0 unspecified atom stereocenters. The van der Waals surface area contributed by atoms with E-state index in [9.17, 15) is 0 Å². The third kappa shape index (κ3) is 3.42. The predicted octanol–water partition coefficient (Wildman–Crippen LogP) is 4.12. The molecule has 0 bridgehead atoms. The van der Waals surface area contributed by atoms with E-state index in [1.807, 2.05) is 11.0 Å². The number of amidine groups is 1. The molecule has 0 spiro atoms. The van der Waals surface area contributed by atoms with Gasteiger partial charge in [-0.05, 0) is 18.9 Å². The molecule has 1 rings (SSSR count). The molecule has 0 aromatic heterocycles. The van der Waals surface area contributed by atoms with E-state index in [0.717, 1.165) is 37.3 Å². The molecule has 0 amide bonds. The first-order valence-corrected chi connectivity index (χ1v) is 6.63. The highest BCUT2D eigenvalue weighted by molar-refractivity contribution is 5.94. The van der Waals surface area contributed by atoms with Gasteiger partial charge in [-0.3, -0.25) is 4.90 Å². The number of rotatable bonds is 7. The quantitative estimate of drug-likeness (QED) is 0.663. The minimum atomic E-state index is 0.470. The van der Waals surface area contributed by atoms with Gasteiger partial charge >= 0.3 is 0 Å². The molecule has 0 aliphatic carbocycles. The first kappa shape index (κ1) is 14.4. The lowest BCUT2D eigenvalue weighted by molar-refractivity contribution is 0.503. The van der Waals surface area contributed by atoms with Gasteiger partial charge in [-0.2, -0.15) is 0 Å². The van der Waals surface area contributed by atoms with Crippen molar-refractivity contribution < 1.29 is 0 Å². The van der Waals surface area contributed by atoms with Crippen molar-refractivity contribution in [3.05, 3.63) is 37.3 Å². The normalized spacial score (nSPS) is 17.2. The van der Waals surface area contributed by atoms with Gasteiger partial charge in [0.05, 0.1) is 0 Å². The van der Waals surface area contributed by atoms with Crippen molar-refractivity contribution >= 4 is 12.2 Å². The maximum atomic E-state index is 4.46. The van der Waals surface area contributed by atoms with Gasteiger partial charge in [-0.25, -0.2) is 9.98 Å². The summed E-state index contributed by atoms with van der Waals surface area (Å²) in [6.45, 7) is 12.0. The second-order valence-electron chi connectivity index (χ2n) is 4.32. The molecule has 0 aromatic carbocycles. The average molecular weight is 245 g/mol. The Kier molecular flexibility index (Phi) is 6.12. The van der Waals surface area contributed by atoms with E-state index in [2.05, 4.69) is 37.0 Å². The van der Waals surface area contributed by atoms with E-state index in [-0.39, 0.29) is 0 Å². The zero-order chi connectivity index (χ0) is 13.4. The summed E-state index contributed by atoms with van der Waals surface area (Å²) in [7, 11) is 0. The SMILES string of the molecule is C=C/C=C1/N=CN=C(C(CCC)CCC)N1C=C.